The number of fused-ring (bicyclic) bond motifs is 5. The zero-order valence-electron chi connectivity index (χ0n) is 16.8. The van der Waals surface area contributed by atoms with Gasteiger partial charge >= 0.3 is 17.8 Å². The number of nitrogens with zero attached hydrogens (tertiary/aromatic N) is 5. The van der Waals surface area contributed by atoms with Gasteiger partial charge in [-0.25, -0.2) is 9.78 Å². The quantitative estimate of drug-likeness (QED) is 0.536. The number of carbonyl (C=O) groups is 3. The van der Waals surface area contributed by atoms with Gasteiger partial charge in [0.25, 0.3) is 0 Å². The van der Waals surface area contributed by atoms with E-state index in [1.54, 1.807) is 21.9 Å². The first-order valence-corrected chi connectivity index (χ1v) is 9.83. The van der Waals surface area contributed by atoms with Crippen molar-refractivity contribution >= 4 is 17.8 Å². The van der Waals surface area contributed by atoms with Crippen LogP contribution in [0.2, 0.25) is 0 Å². The molecule has 2 aromatic rings. The van der Waals surface area contributed by atoms with Gasteiger partial charge in [-0.2, -0.15) is 0 Å². The van der Waals surface area contributed by atoms with E-state index in [4.69, 9.17) is 4.74 Å². The Labute approximate surface area is 174 Å². The molecule has 9 nitrogen and oxygen atoms in total. The molecule has 0 atom stereocenters. The molecule has 3 aliphatic rings. The van der Waals surface area contributed by atoms with E-state index in [2.05, 4.69) is 14.9 Å². The molecular weight excluding hydrogens is 386 g/mol. The number of rotatable bonds is 3. The van der Waals surface area contributed by atoms with Crippen LogP contribution in [-0.2, 0) is 34.0 Å². The van der Waals surface area contributed by atoms with Gasteiger partial charge in [0.1, 0.15) is 5.69 Å². The number of aromatic nitrogens is 2. The van der Waals surface area contributed by atoms with Gasteiger partial charge in [0.05, 0.1) is 30.7 Å². The van der Waals surface area contributed by atoms with E-state index < -0.39 is 17.8 Å². The van der Waals surface area contributed by atoms with Gasteiger partial charge in [0.15, 0.2) is 0 Å². The van der Waals surface area contributed by atoms with Crippen molar-refractivity contribution in [2.75, 3.05) is 33.3 Å². The standard InChI is InChI=1S/C21H23N5O4/c1-30-21(29)18-7-3-6-16(23-18)13-24-8-9-25-10-11-26(20(28)19(25)27)14-17-5-2-4-15(12-24)22-17/h2-7H,8-14H2,1H3. The number of amides is 2. The molecule has 3 aliphatic heterocycles. The number of hydrogen-bond donors (Lipinski definition) is 0. The highest BCUT2D eigenvalue weighted by Gasteiger charge is 2.33. The van der Waals surface area contributed by atoms with Crippen molar-refractivity contribution < 1.29 is 19.1 Å². The van der Waals surface area contributed by atoms with Crippen molar-refractivity contribution in [3.05, 3.63) is 59.2 Å². The molecule has 5 rings (SSSR count). The van der Waals surface area contributed by atoms with Crippen molar-refractivity contribution in [3.63, 3.8) is 0 Å². The van der Waals surface area contributed by atoms with E-state index in [0.29, 0.717) is 51.5 Å². The topological polar surface area (TPSA) is 95.9 Å². The number of pyridine rings is 2. The van der Waals surface area contributed by atoms with Gasteiger partial charge in [-0.3, -0.25) is 19.5 Å². The van der Waals surface area contributed by atoms with Gasteiger partial charge < -0.3 is 14.5 Å². The largest absolute Gasteiger partial charge is 0.464 e. The van der Waals surface area contributed by atoms with Crippen LogP contribution in [0.1, 0.15) is 27.6 Å². The second-order valence-corrected chi connectivity index (χ2v) is 7.36. The molecule has 2 amide bonds. The third-order valence-electron chi connectivity index (χ3n) is 5.27. The fourth-order valence-electron chi connectivity index (χ4n) is 3.70. The van der Waals surface area contributed by atoms with Crippen LogP contribution in [0.4, 0.5) is 0 Å². The van der Waals surface area contributed by atoms with Crippen molar-refractivity contribution in [3.8, 4) is 0 Å². The Hall–Kier alpha value is -3.33. The maximum Gasteiger partial charge on any atom is 0.356 e. The van der Waals surface area contributed by atoms with Crippen LogP contribution in [-0.4, -0.2) is 75.7 Å². The number of carbonyl (C=O) groups excluding carboxylic acids is 3. The fourth-order valence-corrected chi connectivity index (χ4v) is 3.70. The Bertz CT molecular complexity index is 979. The summed E-state index contributed by atoms with van der Waals surface area (Å²) in [7, 11) is 1.32. The average Bonchev–Trinajstić information content (AvgIpc) is 2.75. The molecule has 0 unspecified atom stereocenters. The van der Waals surface area contributed by atoms with Crippen molar-refractivity contribution in [2.45, 2.75) is 19.6 Å². The highest BCUT2D eigenvalue weighted by atomic mass is 16.5. The van der Waals surface area contributed by atoms with Crippen molar-refractivity contribution in [2.24, 2.45) is 0 Å². The molecule has 2 aromatic heterocycles. The summed E-state index contributed by atoms with van der Waals surface area (Å²) in [5.41, 5.74) is 2.60. The van der Waals surface area contributed by atoms with Gasteiger partial charge in [0.2, 0.25) is 0 Å². The molecule has 1 fully saturated rings. The van der Waals surface area contributed by atoms with Crippen LogP contribution < -0.4 is 0 Å². The summed E-state index contributed by atoms with van der Waals surface area (Å²) in [4.78, 5) is 51.1. The number of esters is 1. The number of piperazine rings is 1. The number of hydrogen-bond acceptors (Lipinski definition) is 7. The summed E-state index contributed by atoms with van der Waals surface area (Å²) in [5, 5.41) is 0. The molecule has 1 saturated heterocycles. The minimum absolute atomic E-state index is 0.251. The summed E-state index contributed by atoms with van der Waals surface area (Å²) in [5.74, 6) is -1.43. The second kappa shape index (κ2) is 8.58. The van der Waals surface area contributed by atoms with Crippen molar-refractivity contribution in [1.29, 1.82) is 0 Å². The third-order valence-corrected chi connectivity index (χ3v) is 5.27. The maximum absolute atomic E-state index is 12.5. The Balaban J connectivity index is 1.60. The molecule has 0 aromatic carbocycles. The number of ether oxygens (including phenoxy) is 1. The Kier molecular flexibility index (Phi) is 5.71. The van der Waals surface area contributed by atoms with E-state index in [-0.39, 0.29) is 5.69 Å². The number of methoxy groups -OCH3 is 1. The zero-order chi connectivity index (χ0) is 21.1. The van der Waals surface area contributed by atoms with Crippen LogP contribution in [0, 0.1) is 0 Å². The summed E-state index contributed by atoms with van der Waals surface area (Å²) >= 11 is 0. The second-order valence-electron chi connectivity index (χ2n) is 7.36. The Morgan fingerprint density at radius 1 is 0.900 bits per heavy atom. The Morgan fingerprint density at radius 2 is 1.57 bits per heavy atom. The fraction of sp³-hybridized carbons (Fsp3) is 0.381. The first-order chi connectivity index (χ1) is 14.5. The molecule has 0 saturated carbocycles. The molecule has 0 N–H and O–H groups in total. The highest BCUT2D eigenvalue weighted by molar-refractivity contribution is 6.35. The molecule has 156 valence electrons. The lowest BCUT2D eigenvalue weighted by atomic mass is 10.2. The lowest BCUT2D eigenvalue weighted by molar-refractivity contribution is -0.156. The molecule has 5 heterocycles. The molecule has 30 heavy (non-hydrogen) atoms. The molecule has 0 spiro atoms. The molecular formula is C21H23N5O4. The summed E-state index contributed by atoms with van der Waals surface area (Å²) < 4.78 is 4.75. The summed E-state index contributed by atoms with van der Waals surface area (Å²) in [6, 6.07) is 11.0. The SMILES string of the molecule is COC(=O)c1cccc(CN2CCN3CCN(Cc4cccc(n4)C2)C(=O)C3=O)n1. The first-order valence-electron chi connectivity index (χ1n) is 9.83. The van der Waals surface area contributed by atoms with Crippen LogP contribution in [0.25, 0.3) is 0 Å². The lowest BCUT2D eigenvalue weighted by Gasteiger charge is -2.35. The smallest absolute Gasteiger partial charge is 0.356 e. The van der Waals surface area contributed by atoms with Crippen molar-refractivity contribution in [1.82, 2.24) is 24.7 Å². The van der Waals surface area contributed by atoms with E-state index in [9.17, 15) is 14.4 Å². The van der Waals surface area contributed by atoms with Crippen LogP contribution in [0.15, 0.2) is 36.4 Å². The minimum atomic E-state index is -0.484. The third kappa shape index (κ3) is 4.30. The Morgan fingerprint density at radius 3 is 2.37 bits per heavy atom. The van der Waals surface area contributed by atoms with Gasteiger partial charge in [-0.05, 0) is 24.3 Å². The molecule has 0 aliphatic carbocycles. The zero-order valence-corrected chi connectivity index (χ0v) is 16.8. The maximum atomic E-state index is 12.5. The molecule has 0 radical (unpaired) electrons. The van der Waals surface area contributed by atoms with Gasteiger partial charge in [-0.15, -0.1) is 0 Å². The highest BCUT2D eigenvalue weighted by Crippen LogP contribution is 2.15. The van der Waals surface area contributed by atoms with E-state index in [1.807, 2.05) is 24.3 Å². The minimum Gasteiger partial charge on any atom is -0.464 e. The van der Waals surface area contributed by atoms with E-state index >= 15 is 0 Å². The van der Waals surface area contributed by atoms with E-state index in [0.717, 1.165) is 11.4 Å². The average molecular weight is 409 g/mol. The van der Waals surface area contributed by atoms with E-state index in [1.165, 1.54) is 7.11 Å². The predicted octanol–water partition coefficient (Wildman–Crippen LogP) is 0.450. The molecule has 9 heteroatoms. The molecule has 4 bridgehead atoms. The monoisotopic (exact) mass is 409 g/mol. The summed E-state index contributed by atoms with van der Waals surface area (Å²) in [6.07, 6.45) is 0. The van der Waals surface area contributed by atoms with Crippen LogP contribution in [0.5, 0.6) is 0 Å². The first kappa shape index (κ1) is 20.0. The lowest BCUT2D eigenvalue weighted by Crippen LogP contribution is -2.55. The summed E-state index contributed by atoms with van der Waals surface area (Å²) in [6.45, 7) is 3.36. The van der Waals surface area contributed by atoms with Crippen LogP contribution >= 0.6 is 0 Å². The van der Waals surface area contributed by atoms with Crippen LogP contribution in [0.3, 0.4) is 0 Å². The predicted molar refractivity (Wildman–Crippen MR) is 106 cm³/mol. The normalized spacial score (nSPS) is 17.5. The van der Waals surface area contributed by atoms with Gasteiger partial charge in [0, 0.05) is 39.3 Å². The van der Waals surface area contributed by atoms with Gasteiger partial charge in [-0.1, -0.05) is 12.1 Å².